The van der Waals surface area contributed by atoms with Gasteiger partial charge in [-0.25, -0.2) is 4.98 Å². The van der Waals surface area contributed by atoms with E-state index in [0.717, 1.165) is 16.9 Å². The van der Waals surface area contributed by atoms with Gasteiger partial charge in [0.2, 0.25) is 5.91 Å². The van der Waals surface area contributed by atoms with Gasteiger partial charge in [0, 0.05) is 25.4 Å². The van der Waals surface area contributed by atoms with E-state index in [1.54, 1.807) is 0 Å². The van der Waals surface area contributed by atoms with Gasteiger partial charge in [-0.2, -0.15) is 0 Å². The van der Waals surface area contributed by atoms with Gasteiger partial charge in [-0.3, -0.25) is 4.79 Å². The van der Waals surface area contributed by atoms with Crippen molar-refractivity contribution in [2.45, 2.75) is 31.7 Å². The van der Waals surface area contributed by atoms with Gasteiger partial charge in [0.1, 0.15) is 5.82 Å². The van der Waals surface area contributed by atoms with Crippen LogP contribution in [0.15, 0.2) is 24.3 Å². The molecule has 2 aromatic rings. The molecule has 1 aromatic carbocycles. The van der Waals surface area contributed by atoms with Crippen molar-refractivity contribution >= 4 is 41.8 Å². The zero-order valence-electron chi connectivity index (χ0n) is 12.2. The molecule has 0 saturated heterocycles. The minimum absolute atomic E-state index is 0. The van der Waals surface area contributed by atoms with Crippen LogP contribution in [0.3, 0.4) is 0 Å². The van der Waals surface area contributed by atoms with Crippen LogP contribution in [0.5, 0.6) is 0 Å². The second-order valence-electron chi connectivity index (χ2n) is 5.51. The first-order valence-electron chi connectivity index (χ1n) is 7.18. The van der Waals surface area contributed by atoms with Crippen LogP contribution in [0.2, 0.25) is 0 Å². The maximum absolute atomic E-state index is 11.8. The molecule has 7 heteroatoms. The topological polar surface area (TPSA) is 83.8 Å². The molecule has 122 valence electrons. The van der Waals surface area contributed by atoms with E-state index < -0.39 is 0 Å². The van der Waals surface area contributed by atoms with Crippen LogP contribution in [0.25, 0.3) is 11.0 Å². The fourth-order valence-electron chi connectivity index (χ4n) is 2.37. The third-order valence-corrected chi connectivity index (χ3v) is 3.79. The number of nitrogens with one attached hydrogen (secondary N) is 2. The largest absolute Gasteiger partial charge is 0.355 e. The Balaban J connectivity index is 0.00000121. The molecular weight excluding hydrogens is 323 g/mol. The zero-order valence-corrected chi connectivity index (χ0v) is 13.9. The Morgan fingerprint density at radius 2 is 2.09 bits per heavy atom. The minimum Gasteiger partial charge on any atom is -0.355 e. The first-order chi connectivity index (χ1) is 9.72. The molecule has 4 N–H and O–H groups in total. The van der Waals surface area contributed by atoms with Gasteiger partial charge in [0.05, 0.1) is 11.0 Å². The summed E-state index contributed by atoms with van der Waals surface area (Å²) < 4.78 is 0. The highest BCUT2D eigenvalue weighted by Crippen LogP contribution is 2.31. The Morgan fingerprint density at radius 3 is 2.77 bits per heavy atom. The van der Waals surface area contributed by atoms with E-state index in [9.17, 15) is 4.79 Å². The molecule has 1 aromatic heterocycles. The molecule has 1 aliphatic rings. The lowest BCUT2D eigenvalue weighted by Gasteiger charge is -2.11. The van der Waals surface area contributed by atoms with Crippen molar-refractivity contribution in [3.8, 4) is 0 Å². The molecule has 1 heterocycles. The lowest BCUT2D eigenvalue weighted by Crippen LogP contribution is -2.38. The first-order valence-corrected chi connectivity index (χ1v) is 7.18. The van der Waals surface area contributed by atoms with E-state index >= 15 is 0 Å². The fraction of sp³-hybridized carbons (Fsp3) is 0.467. The van der Waals surface area contributed by atoms with Gasteiger partial charge in [0.25, 0.3) is 0 Å². The second-order valence-corrected chi connectivity index (χ2v) is 5.51. The standard InChI is InChI=1S/C15H20N4O.2ClH/c16-11(10-5-6-10)9-17-15(20)8-7-14-18-12-3-1-2-4-13(12)19-14;;/h1-4,10-11H,5-9,16H2,(H,17,20)(H,18,19);2*1H. The average molecular weight is 345 g/mol. The van der Waals surface area contributed by atoms with Crippen molar-refractivity contribution in [1.29, 1.82) is 0 Å². The third kappa shape index (κ3) is 4.87. The number of aromatic nitrogens is 2. The Bertz CT molecular complexity index is 579. The number of para-hydroxylation sites is 2. The number of H-pyrrole nitrogens is 1. The minimum atomic E-state index is 0. The van der Waals surface area contributed by atoms with Gasteiger partial charge in [-0.15, -0.1) is 24.8 Å². The van der Waals surface area contributed by atoms with E-state index in [0.29, 0.717) is 25.3 Å². The molecule has 3 rings (SSSR count). The van der Waals surface area contributed by atoms with Crippen LogP contribution in [-0.4, -0.2) is 28.5 Å². The molecular formula is C15H22Cl2N4O. The van der Waals surface area contributed by atoms with Crippen LogP contribution in [0, 0.1) is 5.92 Å². The van der Waals surface area contributed by atoms with Crippen molar-refractivity contribution in [1.82, 2.24) is 15.3 Å². The SMILES string of the molecule is Cl.Cl.NC(CNC(=O)CCc1nc2ccccc2[nH]1)C1CC1. The monoisotopic (exact) mass is 344 g/mol. The summed E-state index contributed by atoms with van der Waals surface area (Å²) in [6.07, 6.45) is 3.47. The summed E-state index contributed by atoms with van der Waals surface area (Å²) in [6, 6.07) is 7.99. The maximum atomic E-state index is 11.8. The van der Waals surface area contributed by atoms with Crippen LogP contribution in [0.4, 0.5) is 0 Å². The number of carbonyl (C=O) groups is 1. The fourth-order valence-corrected chi connectivity index (χ4v) is 2.37. The highest BCUT2D eigenvalue weighted by molar-refractivity contribution is 5.85. The van der Waals surface area contributed by atoms with Crippen molar-refractivity contribution in [2.24, 2.45) is 11.7 Å². The Hall–Kier alpha value is -1.30. The highest BCUT2D eigenvalue weighted by atomic mass is 35.5. The summed E-state index contributed by atoms with van der Waals surface area (Å²) in [5, 5.41) is 2.90. The normalized spacial score (nSPS) is 14.8. The van der Waals surface area contributed by atoms with E-state index in [4.69, 9.17) is 5.73 Å². The van der Waals surface area contributed by atoms with Gasteiger partial charge in [-0.1, -0.05) is 12.1 Å². The van der Waals surface area contributed by atoms with Gasteiger partial charge < -0.3 is 16.0 Å². The number of nitrogens with zero attached hydrogens (tertiary/aromatic N) is 1. The number of benzene rings is 1. The Morgan fingerprint density at radius 1 is 1.36 bits per heavy atom. The van der Waals surface area contributed by atoms with E-state index in [2.05, 4.69) is 15.3 Å². The molecule has 22 heavy (non-hydrogen) atoms. The number of hydrogen-bond donors (Lipinski definition) is 3. The molecule has 1 unspecified atom stereocenters. The highest BCUT2D eigenvalue weighted by Gasteiger charge is 2.28. The number of halogens is 2. The molecule has 1 aliphatic carbocycles. The summed E-state index contributed by atoms with van der Waals surface area (Å²) in [6.45, 7) is 0.587. The van der Waals surface area contributed by atoms with Gasteiger partial charge in [0.15, 0.2) is 0 Å². The Labute approximate surface area is 142 Å². The summed E-state index contributed by atoms with van der Waals surface area (Å²) >= 11 is 0. The van der Waals surface area contributed by atoms with Crippen molar-refractivity contribution in [3.05, 3.63) is 30.1 Å². The smallest absolute Gasteiger partial charge is 0.220 e. The molecule has 0 aliphatic heterocycles. The molecule has 1 atom stereocenters. The van der Waals surface area contributed by atoms with Crippen LogP contribution >= 0.6 is 24.8 Å². The summed E-state index contributed by atoms with van der Waals surface area (Å²) in [5.74, 6) is 1.51. The zero-order chi connectivity index (χ0) is 13.9. The van der Waals surface area contributed by atoms with E-state index in [1.807, 2.05) is 24.3 Å². The average Bonchev–Trinajstić information content (AvgIpc) is 3.22. The number of rotatable bonds is 6. The van der Waals surface area contributed by atoms with Crippen LogP contribution in [0.1, 0.15) is 25.1 Å². The molecule has 1 amide bonds. The number of aromatic amines is 1. The molecule has 0 radical (unpaired) electrons. The number of nitrogens with two attached hydrogens (primary N) is 1. The van der Waals surface area contributed by atoms with Crippen LogP contribution < -0.4 is 11.1 Å². The summed E-state index contributed by atoms with van der Waals surface area (Å²) in [4.78, 5) is 19.5. The maximum Gasteiger partial charge on any atom is 0.220 e. The summed E-state index contributed by atoms with van der Waals surface area (Å²) in [7, 11) is 0. The van der Waals surface area contributed by atoms with Gasteiger partial charge in [-0.05, 0) is 30.9 Å². The quantitative estimate of drug-likeness (QED) is 0.750. The molecule has 0 bridgehead atoms. The Kier molecular flexibility index (Phi) is 7.13. The number of hydrogen-bond acceptors (Lipinski definition) is 3. The van der Waals surface area contributed by atoms with Crippen molar-refractivity contribution in [3.63, 3.8) is 0 Å². The number of fused-ring (bicyclic) bond motifs is 1. The van der Waals surface area contributed by atoms with E-state index in [1.165, 1.54) is 12.8 Å². The molecule has 0 spiro atoms. The van der Waals surface area contributed by atoms with Gasteiger partial charge >= 0.3 is 0 Å². The van der Waals surface area contributed by atoms with E-state index in [-0.39, 0.29) is 36.8 Å². The number of aryl methyl sites for hydroxylation is 1. The lowest BCUT2D eigenvalue weighted by molar-refractivity contribution is -0.121. The predicted octanol–water partition coefficient (Wildman–Crippen LogP) is 2.19. The third-order valence-electron chi connectivity index (χ3n) is 3.79. The number of carbonyl (C=O) groups excluding carboxylic acids is 1. The first kappa shape index (κ1) is 18.7. The lowest BCUT2D eigenvalue weighted by atomic mass is 10.2. The second kappa shape index (κ2) is 8.36. The molecule has 5 nitrogen and oxygen atoms in total. The number of amides is 1. The van der Waals surface area contributed by atoms with Crippen molar-refractivity contribution < 1.29 is 4.79 Å². The van der Waals surface area contributed by atoms with Crippen molar-refractivity contribution in [2.75, 3.05) is 6.54 Å². The summed E-state index contributed by atoms with van der Waals surface area (Å²) in [5.41, 5.74) is 7.91. The number of imidazole rings is 1. The molecule has 1 saturated carbocycles. The molecule has 1 fully saturated rings. The van der Waals surface area contributed by atoms with Crippen LogP contribution in [-0.2, 0) is 11.2 Å². The predicted molar refractivity (Wildman–Crippen MR) is 92.6 cm³/mol.